The molecule has 0 bridgehead atoms. The van der Waals surface area contributed by atoms with E-state index >= 15 is 0 Å². The van der Waals surface area contributed by atoms with Crippen molar-refractivity contribution in [1.82, 2.24) is 16.0 Å². The molecule has 3 amide bonds. The molecule has 7 heteroatoms. The van der Waals surface area contributed by atoms with Crippen LogP contribution in [0.3, 0.4) is 0 Å². The molecule has 118 valence electrons. The SMILES string of the molecule is O=C1NC[C@H](C(=O)NC[C@@H]2CCN(c3ccc(Cl)cc3)C2)N1. The lowest BCUT2D eigenvalue weighted by atomic mass is 10.1. The number of nitrogens with zero attached hydrogens (tertiary/aromatic N) is 1. The van der Waals surface area contributed by atoms with Crippen molar-refractivity contribution in [3.8, 4) is 0 Å². The van der Waals surface area contributed by atoms with Gasteiger partial charge in [-0.15, -0.1) is 0 Å². The zero-order valence-corrected chi connectivity index (χ0v) is 12.9. The Morgan fingerprint density at radius 1 is 1.36 bits per heavy atom. The van der Waals surface area contributed by atoms with Gasteiger partial charge in [0, 0.05) is 36.9 Å². The van der Waals surface area contributed by atoms with Crippen LogP contribution in [0.4, 0.5) is 10.5 Å². The van der Waals surface area contributed by atoms with Crippen LogP contribution in [0, 0.1) is 5.92 Å². The average molecular weight is 323 g/mol. The van der Waals surface area contributed by atoms with Crippen LogP contribution in [0.1, 0.15) is 6.42 Å². The van der Waals surface area contributed by atoms with E-state index in [1.54, 1.807) is 0 Å². The van der Waals surface area contributed by atoms with Crippen LogP contribution in [0.2, 0.25) is 5.02 Å². The first-order valence-corrected chi connectivity index (χ1v) is 7.82. The second kappa shape index (κ2) is 6.44. The molecular weight excluding hydrogens is 304 g/mol. The highest BCUT2D eigenvalue weighted by Gasteiger charge is 2.28. The van der Waals surface area contributed by atoms with Crippen LogP contribution in [0.5, 0.6) is 0 Å². The van der Waals surface area contributed by atoms with E-state index in [0.29, 0.717) is 19.0 Å². The van der Waals surface area contributed by atoms with Crippen LogP contribution >= 0.6 is 11.6 Å². The fourth-order valence-corrected chi connectivity index (χ4v) is 2.99. The molecule has 3 rings (SSSR count). The van der Waals surface area contributed by atoms with Gasteiger partial charge in [-0.25, -0.2) is 4.79 Å². The van der Waals surface area contributed by atoms with Crippen LogP contribution < -0.4 is 20.9 Å². The summed E-state index contributed by atoms with van der Waals surface area (Å²) in [5.41, 5.74) is 1.16. The number of carbonyl (C=O) groups excluding carboxylic acids is 2. The molecule has 3 N–H and O–H groups in total. The number of amides is 3. The maximum atomic E-state index is 11.9. The molecule has 2 aliphatic rings. The highest BCUT2D eigenvalue weighted by atomic mass is 35.5. The van der Waals surface area contributed by atoms with Gasteiger partial charge in [-0.05, 0) is 36.6 Å². The zero-order valence-electron chi connectivity index (χ0n) is 12.1. The number of rotatable bonds is 4. The minimum absolute atomic E-state index is 0.122. The van der Waals surface area contributed by atoms with E-state index in [-0.39, 0.29) is 11.9 Å². The molecule has 2 aliphatic heterocycles. The molecule has 2 saturated heterocycles. The molecule has 0 spiro atoms. The van der Waals surface area contributed by atoms with E-state index < -0.39 is 6.04 Å². The smallest absolute Gasteiger partial charge is 0.315 e. The molecule has 0 aromatic heterocycles. The number of carbonyl (C=O) groups is 2. The Morgan fingerprint density at radius 2 is 2.14 bits per heavy atom. The minimum atomic E-state index is -0.457. The first-order valence-electron chi connectivity index (χ1n) is 7.44. The quantitative estimate of drug-likeness (QED) is 0.773. The van der Waals surface area contributed by atoms with Gasteiger partial charge in [-0.2, -0.15) is 0 Å². The fraction of sp³-hybridized carbons (Fsp3) is 0.467. The van der Waals surface area contributed by atoms with E-state index in [1.807, 2.05) is 24.3 Å². The summed E-state index contributed by atoms with van der Waals surface area (Å²) in [5.74, 6) is 0.299. The van der Waals surface area contributed by atoms with Crippen molar-refractivity contribution in [1.29, 1.82) is 0 Å². The largest absolute Gasteiger partial charge is 0.371 e. The number of hydrogen-bond acceptors (Lipinski definition) is 3. The van der Waals surface area contributed by atoms with Gasteiger partial charge in [0.1, 0.15) is 6.04 Å². The number of anilines is 1. The van der Waals surface area contributed by atoms with Gasteiger partial charge in [0.05, 0.1) is 0 Å². The van der Waals surface area contributed by atoms with E-state index in [4.69, 9.17) is 11.6 Å². The number of hydrogen-bond donors (Lipinski definition) is 3. The molecule has 1 aromatic rings. The standard InChI is InChI=1S/C15H19ClN4O2/c16-11-1-3-12(4-2-11)20-6-5-10(9-20)7-17-14(21)13-8-18-15(22)19-13/h1-4,10,13H,5-9H2,(H,17,21)(H2,18,19,22)/t10-,13+/m0/s1. The van der Waals surface area contributed by atoms with Gasteiger partial charge in [-0.1, -0.05) is 11.6 Å². The number of urea groups is 1. The molecule has 1 aromatic carbocycles. The van der Waals surface area contributed by atoms with Crippen molar-refractivity contribution in [3.05, 3.63) is 29.3 Å². The molecule has 2 fully saturated rings. The monoisotopic (exact) mass is 322 g/mol. The van der Waals surface area contributed by atoms with Gasteiger partial charge in [0.2, 0.25) is 5.91 Å². The maximum Gasteiger partial charge on any atom is 0.315 e. The second-order valence-electron chi connectivity index (χ2n) is 5.73. The molecule has 0 aliphatic carbocycles. The summed E-state index contributed by atoms with van der Waals surface area (Å²) in [4.78, 5) is 25.3. The molecule has 0 radical (unpaired) electrons. The molecule has 0 saturated carbocycles. The minimum Gasteiger partial charge on any atom is -0.371 e. The predicted molar refractivity (Wildman–Crippen MR) is 85.1 cm³/mol. The fourth-order valence-electron chi connectivity index (χ4n) is 2.87. The van der Waals surface area contributed by atoms with E-state index in [9.17, 15) is 9.59 Å². The first kappa shape index (κ1) is 15.0. The molecule has 0 unspecified atom stereocenters. The Labute approximate surface area is 134 Å². The van der Waals surface area contributed by atoms with E-state index in [1.165, 1.54) is 0 Å². The molecule has 2 atom stereocenters. The van der Waals surface area contributed by atoms with Gasteiger partial charge < -0.3 is 20.9 Å². The van der Waals surface area contributed by atoms with Gasteiger partial charge in [-0.3, -0.25) is 4.79 Å². The van der Waals surface area contributed by atoms with Crippen molar-refractivity contribution < 1.29 is 9.59 Å². The summed E-state index contributed by atoms with van der Waals surface area (Å²) in [6.07, 6.45) is 1.04. The normalized spacial score (nSPS) is 24.0. The Kier molecular flexibility index (Phi) is 4.38. The summed E-state index contributed by atoms with van der Waals surface area (Å²) in [6, 6.07) is 7.08. The lowest BCUT2D eigenvalue weighted by Gasteiger charge is -2.19. The van der Waals surface area contributed by atoms with Crippen molar-refractivity contribution in [2.24, 2.45) is 5.92 Å². The second-order valence-corrected chi connectivity index (χ2v) is 6.17. The van der Waals surface area contributed by atoms with E-state index in [0.717, 1.165) is 30.2 Å². The summed E-state index contributed by atoms with van der Waals surface area (Å²) >= 11 is 5.90. The summed E-state index contributed by atoms with van der Waals surface area (Å²) < 4.78 is 0. The number of benzene rings is 1. The lowest BCUT2D eigenvalue weighted by molar-refractivity contribution is -0.122. The summed E-state index contributed by atoms with van der Waals surface area (Å²) in [5, 5.41) is 8.83. The zero-order chi connectivity index (χ0) is 15.5. The third-order valence-corrected chi connectivity index (χ3v) is 4.38. The van der Waals surface area contributed by atoms with E-state index in [2.05, 4.69) is 20.9 Å². The third kappa shape index (κ3) is 3.44. The number of halogens is 1. The van der Waals surface area contributed by atoms with Crippen molar-refractivity contribution >= 4 is 29.2 Å². The lowest BCUT2D eigenvalue weighted by Crippen LogP contribution is -2.44. The predicted octanol–water partition coefficient (Wildman–Crippen LogP) is 0.964. The third-order valence-electron chi connectivity index (χ3n) is 4.13. The van der Waals surface area contributed by atoms with Gasteiger partial charge in [0.15, 0.2) is 0 Å². The van der Waals surface area contributed by atoms with Crippen LogP contribution in [-0.2, 0) is 4.79 Å². The van der Waals surface area contributed by atoms with Crippen LogP contribution in [0.15, 0.2) is 24.3 Å². The van der Waals surface area contributed by atoms with Gasteiger partial charge >= 0.3 is 6.03 Å². The van der Waals surface area contributed by atoms with Crippen LogP contribution in [0.25, 0.3) is 0 Å². The maximum absolute atomic E-state index is 11.9. The Bertz CT molecular complexity index is 563. The Morgan fingerprint density at radius 3 is 2.82 bits per heavy atom. The average Bonchev–Trinajstić information content (AvgIpc) is 3.15. The first-order chi connectivity index (χ1) is 10.6. The van der Waals surface area contributed by atoms with Crippen molar-refractivity contribution in [3.63, 3.8) is 0 Å². The van der Waals surface area contributed by atoms with Crippen molar-refractivity contribution in [2.75, 3.05) is 31.1 Å². The molecule has 22 heavy (non-hydrogen) atoms. The Balaban J connectivity index is 1.46. The molecular formula is C15H19ClN4O2. The Hall–Kier alpha value is -1.95. The summed E-state index contributed by atoms with van der Waals surface area (Å²) in [7, 11) is 0. The highest BCUT2D eigenvalue weighted by molar-refractivity contribution is 6.30. The summed E-state index contributed by atoms with van der Waals surface area (Å²) in [6.45, 7) is 2.88. The van der Waals surface area contributed by atoms with Crippen LogP contribution in [-0.4, -0.2) is 44.2 Å². The topological polar surface area (TPSA) is 73.5 Å². The molecule has 6 nitrogen and oxygen atoms in total. The van der Waals surface area contributed by atoms with Crippen molar-refractivity contribution in [2.45, 2.75) is 12.5 Å². The molecule has 2 heterocycles. The van der Waals surface area contributed by atoms with Gasteiger partial charge in [0.25, 0.3) is 0 Å². The number of nitrogens with one attached hydrogen (secondary N) is 3. The highest BCUT2D eigenvalue weighted by Crippen LogP contribution is 2.24.